The van der Waals surface area contributed by atoms with Gasteiger partial charge in [-0.1, -0.05) is 6.92 Å². The molecule has 1 aliphatic heterocycles. The van der Waals surface area contributed by atoms with Crippen LogP contribution >= 0.6 is 12.2 Å². The van der Waals surface area contributed by atoms with E-state index in [0.717, 1.165) is 31.9 Å². The molecular weight excluding hydrogens is 198 g/mol. The van der Waals surface area contributed by atoms with E-state index in [1.54, 1.807) is 0 Å². The molecule has 1 saturated heterocycles. The third kappa shape index (κ3) is 1.40. The fourth-order valence-electron chi connectivity index (χ4n) is 1.96. The highest BCUT2D eigenvalue weighted by molar-refractivity contribution is 7.71. The van der Waals surface area contributed by atoms with Gasteiger partial charge in [0.15, 0.2) is 4.77 Å². The third-order valence-electron chi connectivity index (χ3n) is 2.80. The fraction of sp³-hybridized carbons (Fsp3) is 0.778. The Morgan fingerprint density at radius 3 is 3.07 bits per heavy atom. The molecule has 0 spiro atoms. The molecule has 0 aliphatic carbocycles. The van der Waals surface area contributed by atoms with E-state index in [9.17, 15) is 0 Å². The maximum Gasteiger partial charge on any atom is 0.195 e. The predicted molar refractivity (Wildman–Crippen MR) is 55.9 cm³/mol. The second-order valence-corrected chi connectivity index (χ2v) is 4.32. The molecule has 1 aromatic heterocycles. The van der Waals surface area contributed by atoms with E-state index in [-0.39, 0.29) is 5.54 Å². The first-order chi connectivity index (χ1) is 6.67. The van der Waals surface area contributed by atoms with Crippen molar-refractivity contribution >= 4 is 12.2 Å². The lowest BCUT2D eigenvalue weighted by Gasteiger charge is -2.24. The summed E-state index contributed by atoms with van der Waals surface area (Å²) in [6, 6.07) is 0. The van der Waals surface area contributed by atoms with Crippen molar-refractivity contribution in [3.63, 3.8) is 0 Å². The summed E-state index contributed by atoms with van der Waals surface area (Å²) in [5.74, 6) is 1.02. The zero-order chi connectivity index (χ0) is 10.2. The van der Waals surface area contributed by atoms with E-state index in [0.29, 0.717) is 4.77 Å². The topological polar surface area (TPSA) is 42.8 Å². The normalized spacial score (nSPS) is 27.0. The van der Waals surface area contributed by atoms with Crippen molar-refractivity contribution in [2.45, 2.75) is 32.2 Å². The van der Waals surface area contributed by atoms with Crippen LogP contribution in [0.15, 0.2) is 0 Å². The van der Waals surface area contributed by atoms with Crippen molar-refractivity contribution in [2.24, 2.45) is 0 Å². The molecule has 1 N–H and O–H groups in total. The molecule has 0 amide bonds. The largest absolute Gasteiger partial charge is 0.379 e. The number of nitrogens with one attached hydrogen (secondary N) is 1. The van der Waals surface area contributed by atoms with Gasteiger partial charge in [-0.25, -0.2) is 0 Å². The quantitative estimate of drug-likeness (QED) is 0.759. The van der Waals surface area contributed by atoms with Gasteiger partial charge in [-0.05, 0) is 25.6 Å². The zero-order valence-corrected chi connectivity index (χ0v) is 9.36. The molecule has 14 heavy (non-hydrogen) atoms. The van der Waals surface area contributed by atoms with Crippen molar-refractivity contribution < 1.29 is 4.74 Å². The van der Waals surface area contributed by atoms with Crippen LogP contribution in [0, 0.1) is 4.77 Å². The molecule has 1 aliphatic rings. The number of aromatic amines is 1. The van der Waals surface area contributed by atoms with Crippen LogP contribution in [0.3, 0.4) is 0 Å². The number of aromatic nitrogens is 3. The fourth-order valence-corrected chi connectivity index (χ4v) is 2.33. The highest BCUT2D eigenvalue weighted by atomic mass is 32.1. The number of rotatable bonds is 2. The Bertz CT molecular complexity index is 376. The standard InChI is InChI=1S/C9H15N3OS/c1-3-7-10-11-8(14)12(7)9(2)4-5-13-6-9/h3-6H2,1-2H3,(H,11,14). The lowest BCUT2D eigenvalue weighted by molar-refractivity contribution is 0.159. The summed E-state index contributed by atoms with van der Waals surface area (Å²) < 4.78 is 8.24. The average Bonchev–Trinajstić information content (AvgIpc) is 2.73. The Kier molecular flexibility index (Phi) is 2.45. The first-order valence-electron chi connectivity index (χ1n) is 4.92. The molecule has 0 saturated carbocycles. The molecule has 0 bridgehead atoms. The minimum atomic E-state index is -0.00454. The van der Waals surface area contributed by atoms with Gasteiger partial charge < -0.3 is 4.74 Å². The van der Waals surface area contributed by atoms with Gasteiger partial charge in [0.1, 0.15) is 5.82 Å². The van der Waals surface area contributed by atoms with Crippen molar-refractivity contribution in [2.75, 3.05) is 13.2 Å². The number of ether oxygens (including phenoxy) is 1. The maximum absolute atomic E-state index is 5.43. The van der Waals surface area contributed by atoms with Crippen molar-refractivity contribution in [3.8, 4) is 0 Å². The van der Waals surface area contributed by atoms with Gasteiger partial charge in [-0.2, -0.15) is 5.10 Å². The second-order valence-electron chi connectivity index (χ2n) is 3.93. The summed E-state index contributed by atoms with van der Waals surface area (Å²) in [7, 11) is 0. The summed E-state index contributed by atoms with van der Waals surface area (Å²) in [4.78, 5) is 0. The van der Waals surface area contributed by atoms with Crippen LogP contribution in [0.5, 0.6) is 0 Å². The molecule has 78 valence electrons. The monoisotopic (exact) mass is 213 g/mol. The van der Waals surface area contributed by atoms with Crippen molar-refractivity contribution in [1.82, 2.24) is 14.8 Å². The predicted octanol–water partition coefficient (Wildman–Crippen LogP) is 1.64. The van der Waals surface area contributed by atoms with Gasteiger partial charge >= 0.3 is 0 Å². The Hall–Kier alpha value is -0.680. The Morgan fingerprint density at radius 1 is 1.71 bits per heavy atom. The summed E-state index contributed by atoms with van der Waals surface area (Å²) >= 11 is 5.24. The van der Waals surface area contributed by atoms with E-state index in [4.69, 9.17) is 17.0 Å². The van der Waals surface area contributed by atoms with E-state index >= 15 is 0 Å². The molecule has 1 fully saturated rings. The molecule has 1 atom stereocenters. The maximum atomic E-state index is 5.43. The summed E-state index contributed by atoms with van der Waals surface area (Å²) in [5, 5.41) is 7.06. The Morgan fingerprint density at radius 2 is 2.50 bits per heavy atom. The molecule has 4 nitrogen and oxygen atoms in total. The van der Waals surface area contributed by atoms with Crippen molar-refractivity contribution in [1.29, 1.82) is 0 Å². The molecule has 1 aromatic rings. The molecule has 5 heteroatoms. The SMILES string of the molecule is CCc1n[nH]c(=S)n1C1(C)CCOC1. The average molecular weight is 213 g/mol. The Balaban J connectivity index is 2.48. The van der Waals surface area contributed by atoms with Crippen LogP contribution in [-0.4, -0.2) is 28.0 Å². The van der Waals surface area contributed by atoms with E-state index < -0.39 is 0 Å². The number of aryl methyl sites for hydroxylation is 1. The minimum Gasteiger partial charge on any atom is -0.379 e. The smallest absolute Gasteiger partial charge is 0.195 e. The lowest BCUT2D eigenvalue weighted by Crippen LogP contribution is -2.32. The van der Waals surface area contributed by atoms with Crippen LogP contribution < -0.4 is 0 Å². The second kappa shape index (κ2) is 3.47. The number of H-pyrrole nitrogens is 1. The van der Waals surface area contributed by atoms with Crippen LogP contribution in [0.25, 0.3) is 0 Å². The van der Waals surface area contributed by atoms with Crippen LogP contribution in [0.2, 0.25) is 0 Å². The number of nitrogens with zero attached hydrogens (tertiary/aromatic N) is 2. The highest BCUT2D eigenvalue weighted by Crippen LogP contribution is 2.28. The van der Waals surface area contributed by atoms with Crippen LogP contribution in [-0.2, 0) is 16.7 Å². The van der Waals surface area contributed by atoms with Crippen LogP contribution in [0.1, 0.15) is 26.1 Å². The minimum absolute atomic E-state index is 0.00454. The number of hydrogen-bond donors (Lipinski definition) is 1. The van der Waals surface area contributed by atoms with E-state index in [1.807, 2.05) is 0 Å². The zero-order valence-electron chi connectivity index (χ0n) is 8.54. The van der Waals surface area contributed by atoms with Crippen molar-refractivity contribution in [3.05, 3.63) is 10.6 Å². The molecule has 2 heterocycles. The summed E-state index contributed by atoms with van der Waals surface area (Å²) in [6.07, 6.45) is 1.90. The van der Waals surface area contributed by atoms with Gasteiger partial charge in [-0.3, -0.25) is 9.67 Å². The number of hydrogen-bond acceptors (Lipinski definition) is 3. The van der Waals surface area contributed by atoms with Gasteiger partial charge in [0.2, 0.25) is 0 Å². The van der Waals surface area contributed by atoms with Gasteiger partial charge in [0.25, 0.3) is 0 Å². The lowest BCUT2D eigenvalue weighted by atomic mass is 10.0. The molecular formula is C9H15N3OS. The Labute approximate surface area is 88.3 Å². The first kappa shape index (κ1) is 9.86. The highest BCUT2D eigenvalue weighted by Gasteiger charge is 2.33. The third-order valence-corrected chi connectivity index (χ3v) is 3.07. The summed E-state index contributed by atoms with van der Waals surface area (Å²) in [5.41, 5.74) is -0.00454. The van der Waals surface area contributed by atoms with Gasteiger partial charge in [0, 0.05) is 13.0 Å². The molecule has 0 aromatic carbocycles. The van der Waals surface area contributed by atoms with E-state index in [2.05, 4.69) is 28.6 Å². The molecule has 0 radical (unpaired) electrons. The van der Waals surface area contributed by atoms with E-state index in [1.165, 1.54) is 0 Å². The van der Waals surface area contributed by atoms with Crippen LogP contribution in [0.4, 0.5) is 0 Å². The molecule has 2 rings (SSSR count). The first-order valence-corrected chi connectivity index (χ1v) is 5.33. The van der Waals surface area contributed by atoms with Gasteiger partial charge in [-0.15, -0.1) is 0 Å². The summed E-state index contributed by atoms with van der Waals surface area (Å²) in [6.45, 7) is 5.80. The molecule has 1 unspecified atom stereocenters. The van der Waals surface area contributed by atoms with Gasteiger partial charge in [0.05, 0.1) is 12.1 Å².